The van der Waals surface area contributed by atoms with Crippen LogP contribution in [0.2, 0.25) is 0 Å². The predicted molar refractivity (Wildman–Crippen MR) is 74.3 cm³/mol. The number of nitrogens with zero attached hydrogens (tertiary/aromatic N) is 5. The number of carbonyl (C=O) groups excluding carboxylic acids is 1. The van der Waals surface area contributed by atoms with Crippen LogP contribution in [0.25, 0.3) is 0 Å². The van der Waals surface area contributed by atoms with Crippen molar-refractivity contribution >= 4 is 11.9 Å². The Morgan fingerprint density at radius 3 is 2.43 bits per heavy atom. The van der Waals surface area contributed by atoms with E-state index in [1.54, 1.807) is 23.4 Å². The van der Waals surface area contributed by atoms with Crippen LogP contribution >= 0.6 is 0 Å². The highest BCUT2D eigenvalue weighted by atomic mass is 19.1. The minimum atomic E-state index is -0.642. The Morgan fingerprint density at radius 1 is 1.05 bits per heavy atom. The van der Waals surface area contributed by atoms with E-state index in [0.717, 1.165) is 6.07 Å². The van der Waals surface area contributed by atoms with Crippen molar-refractivity contribution in [3.05, 3.63) is 48.3 Å². The van der Waals surface area contributed by atoms with Crippen LogP contribution in [-0.4, -0.2) is 51.9 Å². The topological polar surface area (TPSA) is 62.2 Å². The average molecular weight is 287 g/mol. The number of carbonyl (C=O) groups is 1. The Morgan fingerprint density at radius 2 is 1.76 bits per heavy atom. The van der Waals surface area contributed by atoms with E-state index in [1.807, 2.05) is 4.90 Å². The summed E-state index contributed by atoms with van der Waals surface area (Å²) in [6.07, 6.45) is 4.69. The number of hydrogen-bond donors (Lipinski definition) is 0. The Bertz CT molecular complexity index is 628. The van der Waals surface area contributed by atoms with Crippen molar-refractivity contribution in [2.24, 2.45) is 0 Å². The normalized spacial score (nSPS) is 15.1. The van der Waals surface area contributed by atoms with Gasteiger partial charge in [0.2, 0.25) is 11.9 Å². The van der Waals surface area contributed by atoms with Crippen molar-refractivity contribution in [1.82, 2.24) is 19.9 Å². The van der Waals surface area contributed by atoms with Gasteiger partial charge in [-0.15, -0.1) is 0 Å². The highest BCUT2D eigenvalue weighted by Gasteiger charge is 2.23. The maximum Gasteiger partial charge on any atom is 0.254 e. The highest BCUT2D eigenvalue weighted by Crippen LogP contribution is 2.12. The van der Waals surface area contributed by atoms with Crippen LogP contribution in [-0.2, 0) is 0 Å². The maximum atomic E-state index is 13.1. The van der Waals surface area contributed by atoms with Crippen LogP contribution in [0.5, 0.6) is 0 Å². The van der Waals surface area contributed by atoms with Crippen molar-refractivity contribution in [2.75, 3.05) is 31.1 Å². The molecule has 0 aliphatic carbocycles. The van der Waals surface area contributed by atoms with E-state index >= 15 is 0 Å². The van der Waals surface area contributed by atoms with Gasteiger partial charge < -0.3 is 9.80 Å². The molecule has 1 fully saturated rings. The van der Waals surface area contributed by atoms with Gasteiger partial charge in [-0.3, -0.25) is 4.79 Å². The van der Waals surface area contributed by atoms with Crippen LogP contribution in [0.4, 0.5) is 10.3 Å². The number of anilines is 1. The van der Waals surface area contributed by atoms with Gasteiger partial charge in [-0.1, -0.05) is 0 Å². The fraction of sp³-hybridized carbons (Fsp3) is 0.286. The Kier molecular flexibility index (Phi) is 3.72. The molecule has 3 heterocycles. The lowest BCUT2D eigenvalue weighted by Gasteiger charge is -2.34. The zero-order valence-corrected chi connectivity index (χ0v) is 11.3. The van der Waals surface area contributed by atoms with Gasteiger partial charge in [0.05, 0.1) is 0 Å². The van der Waals surface area contributed by atoms with E-state index in [4.69, 9.17) is 0 Å². The molecule has 0 bridgehead atoms. The average Bonchev–Trinajstić information content (AvgIpc) is 2.55. The fourth-order valence-corrected chi connectivity index (χ4v) is 2.28. The second kappa shape index (κ2) is 5.82. The first-order valence-electron chi connectivity index (χ1n) is 6.67. The SMILES string of the molecule is O=C(c1ccnc(F)c1)N1CCN(c2ncccn2)CC1. The summed E-state index contributed by atoms with van der Waals surface area (Å²) in [5.74, 6) is -0.151. The molecule has 3 rings (SSSR count). The summed E-state index contributed by atoms with van der Waals surface area (Å²) in [5.41, 5.74) is 0.326. The summed E-state index contributed by atoms with van der Waals surface area (Å²) >= 11 is 0. The molecule has 7 heteroatoms. The minimum Gasteiger partial charge on any atom is -0.337 e. The molecule has 0 unspecified atom stereocenters. The van der Waals surface area contributed by atoms with Crippen molar-refractivity contribution in [3.63, 3.8) is 0 Å². The Hall–Kier alpha value is -2.57. The number of aromatic nitrogens is 3. The summed E-state index contributed by atoms with van der Waals surface area (Å²) < 4.78 is 13.1. The summed E-state index contributed by atoms with van der Waals surface area (Å²) in [5, 5.41) is 0. The molecule has 21 heavy (non-hydrogen) atoms. The molecule has 108 valence electrons. The first-order valence-corrected chi connectivity index (χ1v) is 6.67. The molecule has 0 spiro atoms. The van der Waals surface area contributed by atoms with E-state index in [1.165, 1.54) is 12.3 Å². The molecule has 6 nitrogen and oxygen atoms in total. The second-order valence-corrected chi connectivity index (χ2v) is 4.70. The maximum absolute atomic E-state index is 13.1. The van der Waals surface area contributed by atoms with E-state index in [0.29, 0.717) is 37.7 Å². The van der Waals surface area contributed by atoms with E-state index in [-0.39, 0.29) is 5.91 Å². The molecule has 1 amide bonds. The molecule has 2 aromatic rings. The molecule has 0 saturated carbocycles. The van der Waals surface area contributed by atoms with Gasteiger partial charge in [0, 0.05) is 56.4 Å². The number of hydrogen-bond acceptors (Lipinski definition) is 5. The Balaban J connectivity index is 1.64. The molecular formula is C14H14FN5O. The van der Waals surface area contributed by atoms with Gasteiger partial charge >= 0.3 is 0 Å². The van der Waals surface area contributed by atoms with E-state index in [2.05, 4.69) is 15.0 Å². The molecule has 1 aliphatic rings. The van der Waals surface area contributed by atoms with Crippen molar-refractivity contribution in [2.45, 2.75) is 0 Å². The van der Waals surface area contributed by atoms with Crippen LogP contribution in [0, 0.1) is 5.95 Å². The third-order valence-electron chi connectivity index (χ3n) is 3.38. The lowest BCUT2D eigenvalue weighted by molar-refractivity contribution is 0.0745. The summed E-state index contributed by atoms with van der Waals surface area (Å²) in [6, 6.07) is 4.45. The smallest absolute Gasteiger partial charge is 0.254 e. The number of pyridine rings is 1. The highest BCUT2D eigenvalue weighted by molar-refractivity contribution is 5.94. The summed E-state index contributed by atoms with van der Waals surface area (Å²) in [4.78, 5) is 27.9. The number of piperazine rings is 1. The molecule has 0 aromatic carbocycles. The van der Waals surface area contributed by atoms with Crippen LogP contribution in [0.1, 0.15) is 10.4 Å². The van der Waals surface area contributed by atoms with Gasteiger partial charge in [-0.2, -0.15) is 4.39 Å². The number of amides is 1. The largest absolute Gasteiger partial charge is 0.337 e. The first-order chi connectivity index (χ1) is 10.2. The number of rotatable bonds is 2. The Labute approximate surface area is 121 Å². The third kappa shape index (κ3) is 2.96. The first kappa shape index (κ1) is 13.4. The molecule has 0 radical (unpaired) electrons. The van der Waals surface area contributed by atoms with Crippen molar-refractivity contribution in [3.8, 4) is 0 Å². The monoisotopic (exact) mass is 287 g/mol. The molecular weight excluding hydrogens is 273 g/mol. The van der Waals surface area contributed by atoms with Crippen LogP contribution < -0.4 is 4.90 Å². The summed E-state index contributed by atoms with van der Waals surface area (Å²) in [6.45, 7) is 2.43. The van der Waals surface area contributed by atoms with Crippen molar-refractivity contribution in [1.29, 1.82) is 0 Å². The lowest BCUT2D eigenvalue weighted by Crippen LogP contribution is -2.49. The van der Waals surface area contributed by atoms with Gasteiger partial charge in [0.15, 0.2) is 0 Å². The van der Waals surface area contributed by atoms with E-state index in [9.17, 15) is 9.18 Å². The molecule has 1 aliphatic heterocycles. The second-order valence-electron chi connectivity index (χ2n) is 4.70. The van der Waals surface area contributed by atoms with Gasteiger partial charge in [-0.05, 0) is 12.1 Å². The zero-order chi connectivity index (χ0) is 14.7. The van der Waals surface area contributed by atoms with Crippen LogP contribution in [0.3, 0.4) is 0 Å². The van der Waals surface area contributed by atoms with E-state index < -0.39 is 5.95 Å². The van der Waals surface area contributed by atoms with Gasteiger partial charge in [0.25, 0.3) is 5.91 Å². The standard InChI is InChI=1S/C14H14FN5O/c15-12-10-11(2-5-16-12)13(21)19-6-8-20(9-7-19)14-17-3-1-4-18-14/h1-5,10H,6-9H2. The lowest BCUT2D eigenvalue weighted by atomic mass is 10.2. The molecule has 0 N–H and O–H groups in total. The molecule has 2 aromatic heterocycles. The van der Waals surface area contributed by atoms with Gasteiger partial charge in [-0.25, -0.2) is 15.0 Å². The zero-order valence-electron chi connectivity index (χ0n) is 11.3. The van der Waals surface area contributed by atoms with Crippen molar-refractivity contribution < 1.29 is 9.18 Å². The quantitative estimate of drug-likeness (QED) is 0.770. The minimum absolute atomic E-state index is 0.176. The van der Waals surface area contributed by atoms with Gasteiger partial charge in [0.1, 0.15) is 0 Å². The molecule has 0 atom stereocenters. The molecule has 1 saturated heterocycles. The number of halogens is 1. The van der Waals surface area contributed by atoms with Crippen LogP contribution in [0.15, 0.2) is 36.8 Å². The predicted octanol–water partition coefficient (Wildman–Crippen LogP) is 0.973. The fourth-order valence-electron chi connectivity index (χ4n) is 2.28. The third-order valence-corrected chi connectivity index (χ3v) is 3.38. The summed E-state index contributed by atoms with van der Waals surface area (Å²) in [7, 11) is 0.